The normalized spacial score (nSPS) is 12.2. The summed E-state index contributed by atoms with van der Waals surface area (Å²) in [6, 6.07) is 6.18. The lowest BCUT2D eigenvalue weighted by atomic mass is 10.1. The van der Waals surface area contributed by atoms with Crippen LogP contribution in [0.15, 0.2) is 18.2 Å². The third-order valence-corrected chi connectivity index (χ3v) is 3.09. The molecule has 1 aromatic carbocycles. The minimum Gasteiger partial charge on any atom is -0.495 e. The molecule has 3 heteroatoms. The molecule has 0 heterocycles. The molecule has 0 bridgehead atoms. The molecule has 0 aliphatic rings. The second kappa shape index (κ2) is 7.17. The Morgan fingerprint density at radius 3 is 2.65 bits per heavy atom. The zero-order valence-electron chi connectivity index (χ0n) is 11.0. The van der Waals surface area contributed by atoms with Crippen LogP contribution in [-0.4, -0.2) is 25.4 Å². The molecule has 1 aromatic rings. The summed E-state index contributed by atoms with van der Waals surface area (Å²) >= 11 is 0. The molecule has 1 unspecified atom stereocenters. The molecule has 2 N–H and O–H groups in total. The molecule has 1 atom stereocenters. The first-order valence-electron chi connectivity index (χ1n) is 6.26. The summed E-state index contributed by atoms with van der Waals surface area (Å²) in [5.41, 5.74) is 2.30. The maximum absolute atomic E-state index is 9.16. The summed E-state index contributed by atoms with van der Waals surface area (Å²) in [6.07, 6.45) is 1.98. The zero-order chi connectivity index (χ0) is 12.7. The number of hydrogen-bond donors (Lipinski definition) is 2. The largest absolute Gasteiger partial charge is 0.495 e. The molecule has 0 spiro atoms. The van der Waals surface area contributed by atoms with Crippen LogP contribution in [0.4, 0.5) is 5.69 Å². The van der Waals surface area contributed by atoms with E-state index in [0.717, 1.165) is 30.8 Å². The average molecular weight is 237 g/mol. The van der Waals surface area contributed by atoms with Gasteiger partial charge in [0.15, 0.2) is 0 Å². The van der Waals surface area contributed by atoms with Gasteiger partial charge in [-0.05, 0) is 36.5 Å². The molecule has 0 aliphatic carbocycles. The molecule has 17 heavy (non-hydrogen) atoms. The highest BCUT2D eigenvalue weighted by molar-refractivity contribution is 5.58. The first-order valence-corrected chi connectivity index (χ1v) is 6.26. The molecule has 0 fully saturated rings. The van der Waals surface area contributed by atoms with Crippen molar-refractivity contribution >= 4 is 5.69 Å². The summed E-state index contributed by atoms with van der Waals surface area (Å²) in [4.78, 5) is 0. The Kier molecular flexibility index (Phi) is 5.84. The van der Waals surface area contributed by atoms with Crippen LogP contribution in [0, 0.1) is 5.92 Å². The van der Waals surface area contributed by atoms with E-state index in [1.807, 2.05) is 6.07 Å². The van der Waals surface area contributed by atoms with Gasteiger partial charge in [0.2, 0.25) is 0 Å². The molecule has 96 valence electrons. The van der Waals surface area contributed by atoms with Crippen LogP contribution in [0.1, 0.15) is 25.8 Å². The van der Waals surface area contributed by atoms with Gasteiger partial charge >= 0.3 is 0 Å². The molecular weight excluding hydrogens is 214 g/mol. The van der Waals surface area contributed by atoms with Crippen LogP contribution >= 0.6 is 0 Å². The van der Waals surface area contributed by atoms with E-state index in [1.165, 1.54) is 5.56 Å². The number of ether oxygens (including phenoxy) is 1. The summed E-state index contributed by atoms with van der Waals surface area (Å²) < 4.78 is 5.32. The Morgan fingerprint density at radius 2 is 2.12 bits per heavy atom. The predicted octanol–water partition coefficient (Wildman–Crippen LogP) is 2.69. The molecule has 0 aliphatic heterocycles. The molecule has 3 nitrogen and oxygen atoms in total. The highest BCUT2D eigenvalue weighted by Crippen LogP contribution is 2.26. The Hall–Kier alpha value is -1.22. The Morgan fingerprint density at radius 1 is 1.35 bits per heavy atom. The van der Waals surface area contributed by atoms with Crippen LogP contribution < -0.4 is 10.1 Å². The maximum Gasteiger partial charge on any atom is 0.141 e. The van der Waals surface area contributed by atoms with Crippen LogP contribution in [0.5, 0.6) is 5.75 Å². The first-order chi connectivity index (χ1) is 8.24. The Balaban J connectivity index is 2.73. The van der Waals surface area contributed by atoms with Gasteiger partial charge in [0.1, 0.15) is 5.75 Å². The lowest BCUT2D eigenvalue weighted by Gasteiger charge is -2.16. The van der Waals surface area contributed by atoms with Crippen molar-refractivity contribution < 1.29 is 9.84 Å². The van der Waals surface area contributed by atoms with Crippen molar-refractivity contribution in [3.05, 3.63) is 23.8 Å². The van der Waals surface area contributed by atoms with E-state index in [9.17, 15) is 0 Å². The van der Waals surface area contributed by atoms with Crippen LogP contribution in [0.25, 0.3) is 0 Å². The van der Waals surface area contributed by atoms with Crippen molar-refractivity contribution in [2.45, 2.75) is 26.7 Å². The third kappa shape index (κ3) is 3.93. The highest BCUT2D eigenvalue weighted by atomic mass is 16.5. The van der Waals surface area contributed by atoms with Gasteiger partial charge in [-0.25, -0.2) is 0 Å². The fourth-order valence-electron chi connectivity index (χ4n) is 1.71. The number of aliphatic hydroxyl groups is 1. The fourth-order valence-corrected chi connectivity index (χ4v) is 1.71. The fraction of sp³-hybridized carbons (Fsp3) is 0.571. The van der Waals surface area contributed by atoms with Crippen molar-refractivity contribution in [3.63, 3.8) is 0 Å². The number of methoxy groups -OCH3 is 1. The highest BCUT2D eigenvalue weighted by Gasteiger charge is 2.07. The van der Waals surface area contributed by atoms with Crippen LogP contribution in [-0.2, 0) is 6.42 Å². The minimum atomic E-state index is 0.222. The van der Waals surface area contributed by atoms with Gasteiger partial charge in [-0.15, -0.1) is 0 Å². The Labute approximate surface area is 104 Å². The lowest BCUT2D eigenvalue weighted by Crippen LogP contribution is -2.17. The molecule has 0 amide bonds. The predicted molar refractivity (Wildman–Crippen MR) is 71.7 cm³/mol. The van der Waals surface area contributed by atoms with Gasteiger partial charge in [-0.3, -0.25) is 0 Å². The second-order valence-corrected chi connectivity index (χ2v) is 4.23. The summed E-state index contributed by atoms with van der Waals surface area (Å²) in [5, 5.41) is 12.5. The SMILES string of the molecule is CCc1ccc(OC)c(NCC(CC)CO)c1. The minimum absolute atomic E-state index is 0.222. The quantitative estimate of drug-likeness (QED) is 0.766. The first kappa shape index (κ1) is 13.8. The van der Waals surface area contributed by atoms with Crippen LogP contribution in [0.3, 0.4) is 0 Å². The van der Waals surface area contributed by atoms with Gasteiger partial charge in [0, 0.05) is 13.2 Å². The van der Waals surface area contributed by atoms with E-state index >= 15 is 0 Å². The number of aliphatic hydroxyl groups excluding tert-OH is 1. The smallest absolute Gasteiger partial charge is 0.141 e. The summed E-state index contributed by atoms with van der Waals surface area (Å²) in [5.74, 6) is 1.15. The van der Waals surface area contributed by atoms with E-state index in [2.05, 4.69) is 31.3 Å². The number of aryl methyl sites for hydroxylation is 1. The van der Waals surface area contributed by atoms with Gasteiger partial charge in [-0.2, -0.15) is 0 Å². The van der Waals surface area contributed by atoms with Crippen molar-refractivity contribution in [2.24, 2.45) is 5.92 Å². The average Bonchev–Trinajstić information content (AvgIpc) is 2.39. The van der Waals surface area contributed by atoms with E-state index in [1.54, 1.807) is 7.11 Å². The monoisotopic (exact) mass is 237 g/mol. The molecule has 0 saturated carbocycles. The van der Waals surface area contributed by atoms with E-state index in [0.29, 0.717) is 5.92 Å². The van der Waals surface area contributed by atoms with Crippen molar-refractivity contribution in [1.29, 1.82) is 0 Å². The van der Waals surface area contributed by atoms with Gasteiger partial charge < -0.3 is 15.2 Å². The maximum atomic E-state index is 9.16. The molecule has 0 radical (unpaired) electrons. The van der Waals surface area contributed by atoms with E-state index in [4.69, 9.17) is 9.84 Å². The summed E-state index contributed by atoms with van der Waals surface area (Å²) in [7, 11) is 1.68. The topological polar surface area (TPSA) is 41.5 Å². The van der Waals surface area contributed by atoms with Crippen molar-refractivity contribution in [3.8, 4) is 5.75 Å². The number of benzene rings is 1. The van der Waals surface area contributed by atoms with Crippen LogP contribution in [0.2, 0.25) is 0 Å². The van der Waals surface area contributed by atoms with E-state index in [-0.39, 0.29) is 6.61 Å². The molecule has 0 aromatic heterocycles. The third-order valence-electron chi connectivity index (χ3n) is 3.09. The zero-order valence-corrected chi connectivity index (χ0v) is 11.0. The number of anilines is 1. The van der Waals surface area contributed by atoms with Gasteiger partial charge in [0.25, 0.3) is 0 Å². The number of rotatable bonds is 7. The van der Waals surface area contributed by atoms with Crippen molar-refractivity contribution in [2.75, 3.05) is 25.6 Å². The van der Waals surface area contributed by atoms with Crippen molar-refractivity contribution in [1.82, 2.24) is 0 Å². The van der Waals surface area contributed by atoms with E-state index < -0.39 is 0 Å². The summed E-state index contributed by atoms with van der Waals surface area (Å²) in [6.45, 7) is 5.21. The molecule has 0 saturated heterocycles. The number of nitrogens with one attached hydrogen (secondary N) is 1. The standard InChI is InChI=1S/C14H23NO2/c1-4-11-6-7-14(17-3)13(8-11)15-9-12(5-2)10-16/h6-8,12,15-16H,4-5,9-10H2,1-3H3. The lowest BCUT2D eigenvalue weighted by molar-refractivity contribution is 0.230. The number of hydrogen-bond acceptors (Lipinski definition) is 3. The molecule has 1 rings (SSSR count). The second-order valence-electron chi connectivity index (χ2n) is 4.23. The Bertz CT molecular complexity index is 335. The molecular formula is C14H23NO2. The van der Waals surface area contributed by atoms with Gasteiger partial charge in [0.05, 0.1) is 12.8 Å². The van der Waals surface area contributed by atoms with Gasteiger partial charge in [-0.1, -0.05) is 19.9 Å².